The molecule has 0 aliphatic carbocycles. The highest BCUT2D eigenvalue weighted by Gasteiger charge is 2.43. The Hall–Kier alpha value is -2.37. The molecular formula is C16H21N4O15P3. The monoisotopic (exact) mass is 602 g/mol. The van der Waals surface area contributed by atoms with Crippen molar-refractivity contribution in [2.45, 2.75) is 31.5 Å². The number of aromatic nitrogens is 2. The van der Waals surface area contributed by atoms with E-state index in [-0.39, 0.29) is 30.1 Å². The van der Waals surface area contributed by atoms with Crippen molar-refractivity contribution in [1.29, 1.82) is 0 Å². The van der Waals surface area contributed by atoms with Crippen molar-refractivity contribution in [3.05, 3.63) is 62.7 Å². The van der Waals surface area contributed by atoms with Gasteiger partial charge in [0.2, 0.25) is 0 Å². The minimum Gasteiger partial charge on any atom is -0.383 e. The van der Waals surface area contributed by atoms with E-state index in [1.807, 2.05) is 0 Å². The lowest BCUT2D eigenvalue weighted by Gasteiger charge is -2.21. The molecule has 1 aromatic heterocycles. The molecule has 19 nitrogen and oxygen atoms in total. The van der Waals surface area contributed by atoms with Gasteiger partial charge in [0.05, 0.1) is 29.8 Å². The van der Waals surface area contributed by atoms with E-state index in [0.717, 1.165) is 4.57 Å². The van der Waals surface area contributed by atoms with Crippen molar-refractivity contribution in [2.24, 2.45) is 0 Å². The quantitative estimate of drug-likeness (QED) is 0.128. The van der Waals surface area contributed by atoms with Crippen molar-refractivity contribution in [3.63, 3.8) is 0 Å². The Balaban J connectivity index is 1.77. The SMILES string of the molecule is Nc1ccn([C@H]2C[C@H](OCc3ccccc3[N+](=O)[O-])[C@@H](COP(=O)(O)OP(=O)(O)OP(=O)(O)O)O2)c(=O)n1. The van der Waals surface area contributed by atoms with Gasteiger partial charge in [0.25, 0.3) is 5.69 Å². The van der Waals surface area contributed by atoms with Crippen molar-refractivity contribution in [2.75, 3.05) is 12.3 Å². The second-order valence-corrected chi connectivity index (χ2v) is 11.9. The van der Waals surface area contributed by atoms with E-state index in [1.165, 1.54) is 36.5 Å². The second kappa shape index (κ2) is 11.8. The number of hydrogen-bond acceptors (Lipinski definition) is 13. The molecule has 1 aromatic carbocycles. The van der Waals surface area contributed by atoms with Gasteiger partial charge in [0, 0.05) is 18.7 Å². The van der Waals surface area contributed by atoms with E-state index in [4.69, 9.17) is 25.0 Å². The molecule has 0 bridgehead atoms. The highest BCUT2D eigenvalue weighted by atomic mass is 31.3. The van der Waals surface area contributed by atoms with Crippen LogP contribution in [0.25, 0.3) is 0 Å². The molecule has 210 valence electrons. The highest BCUT2D eigenvalue weighted by Crippen LogP contribution is 2.66. The number of anilines is 1. The fourth-order valence-corrected chi connectivity index (χ4v) is 6.35. The maximum absolute atomic E-state index is 12.2. The topological polar surface area (TPSA) is 282 Å². The number of nitro groups is 1. The average molecular weight is 602 g/mol. The molecule has 1 aliphatic rings. The molecule has 38 heavy (non-hydrogen) atoms. The summed E-state index contributed by atoms with van der Waals surface area (Å²) in [7, 11) is -16.8. The fraction of sp³-hybridized carbons (Fsp3) is 0.375. The Labute approximate surface area is 212 Å². The summed E-state index contributed by atoms with van der Waals surface area (Å²) in [5.74, 6) is -0.0716. The lowest BCUT2D eigenvalue weighted by molar-refractivity contribution is -0.386. The smallest absolute Gasteiger partial charge is 0.383 e. The molecule has 5 atom stereocenters. The number of ether oxygens (including phenoxy) is 2. The molecule has 1 saturated heterocycles. The van der Waals surface area contributed by atoms with E-state index >= 15 is 0 Å². The summed E-state index contributed by atoms with van der Waals surface area (Å²) in [4.78, 5) is 62.7. The third-order valence-corrected chi connectivity index (χ3v) is 8.60. The summed E-state index contributed by atoms with van der Waals surface area (Å²) < 4.78 is 58.8. The van der Waals surface area contributed by atoms with Crippen molar-refractivity contribution in [3.8, 4) is 0 Å². The molecule has 0 saturated carbocycles. The first-order valence-corrected chi connectivity index (χ1v) is 14.7. The van der Waals surface area contributed by atoms with Crippen LogP contribution in [-0.2, 0) is 42.9 Å². The van der Waals surface area contributed by atoms with Gasteiger partial charge in [0.15, 0.2) is 0 Å². The van der Waals surface area contributed by atoms with E-state index < -0.39 is 59.1 Å². The molecule has 1 aliphatic heterocycles. The molecular weight excluding hydrogens is 581 g/mol. The number of phosphoric acid groups is 3. The summed E-state index contributed by atoms with van der Waals surface area (Å²) in [6.07, 6.45) is -2.19. The van der Waals surface area contributed by atoms with Crippen LogP contribution in [0.15, 0.2) is 41.3 Å². The Kier molecular flexibility index (Phi) is 9.36. The summed E-state index contributed by atoms with van der Waals surface area (Å²) in [6, 6.07) is 6.96. The van der Waals surface area contributed by atoms with Crippen molar-refractivity contribution in [1.82, 2.24) is 9.55 Å². The molecule has 2 heterocycles. The Morgan fingerprint density at radius 1 is 1.13 bits per heavy atom. The van der Waals surface area contributed by atoms with E-state index in [9.17, 15) is 38.4 Å². The summed E-state index contributed by atoms with van der Waals surface area (Å²) >= 11 is 0. The normalized spacial score (nSPS) is 23.0. The number of benzene rings is 1. The number of nitrogen functional groups attached to an aromatic ring is 1. The van der Waals surface area contributed by atoms with E-state index in [2.05, 4.69) is 18.1 Å². The number of hydrogen-bond donors (Lipinski definition) is 5. The number of nitrogens with zero attached hydrogens (tertiary/aromatic N) is 3. The molecule has 0 radical (unpaired) electrons. The van der Waals surface area contributed by atoms with Gasteiger partial charge in [-0.25, -0.2) is 18.5 Å². The summed E-state index contributed by atoms with van der Waals surface area (Å²) in [5.41, 5.74) is 4.61. The number of phosphoric ester groups is 1. The maximum Gasteiger partial charge on any atom is 0.490 e. The Bertz CT molecular complexity index is 1380. The third kappa shape index (κ3) is 8.57. The largest absolute Gasteiger partial charge is 0.490 e. The number of para-hydroxylation sites is 1. The van der Waals surface area contributed by atoms with Crippen LogP contribution < -0.4 is 11.4 Å². The Morgan fingerprint density at radius 3 is 2.45 bits per heavy atom. The van der Waals surface area contributed by atoms with E-state index in [1.54, 1.807) is 0 Å². The molecule has 1 fully saturated rings. The molecule has 3 rings (SSSR count). The minimum atomic E-state index is -5.75. The molecule has 6 N–H and O–H groups in total. The van der Waals surface area contributed by atoms with Crippen molar-refractivity contribution >= 4 is 35.0 Å². The van der Waals surface area contributed by atoms with Gasteiger partial charge in [-0.15, -0.1) is 0 Å². The molecule has 0 amide bonds. The number of rotatable bonds is 12. The zero-order valence-electron chi connectivity index (χ0n) is 18.9. The Morgan fingerprint density at radius 2 is 1.82 bits per heavy atom. The van der Waals surface area contributed by atoms with Crippen LogP contribution in [0.1, 0.15) is 18.2 Å². The molecule has 0 spiro atoms. The lowest BCUT2D eigenvalue weighted by Crippen LogP contribution is -2.29. The van der Waals surface area contributed by atoms with Gasteiger partial charge in [-0.1, -0.05) is 12.1 Å². The summed E-state index contributed by atoms with van der Waals surface area (Å²) in [5, 5.41) is 11.3. The first-order chi connectivity index (χ1) is 17.6. The first-order valence-electron chi connectivity index (χ1n) is 10.2. The number of nitro benzene ring substituents is 1. The van der Waals surface area contributed by atoms with Gasteiger partial charge in [-0.3, -0.25) is 19.2 Å². The van der Waals surface area contributed by atoms with Crippen LogP contribution in [0.5, 0.6) is 0 Å². The third-order valence-electron chi connectivity index (χ3n) is 4.80. The van der Waals surface area contributed by atoms with Gasteiger partial charge in [-0.2, -0.15) is 13.6 Å². The lowest BCUT2D eigenvalue weighted by atomic mass is 10.1. The van der Waals surface area contributed by atoms with Crippen LogP contribution in [0.4, 0.5) is 11.5 Å². The zero-order valence-corrected chi connectivity index (χ0v) is 21.5. The fourth-order valence-electron chi connectivity index (χ4n) is 3.32. The van der Waals surface area contributed by atoms with E-state index in [0.29, 0.717) is 0 Å². The minimum absolute atomic E-state index is 0.0716. The number of nitrogens with two attached hydrogens (primary N) is 1. The predicted molar refractivity (Wildman–Crippen MR) is 123 cm³/mol. The molecule has 22 heteroatoms. The van der Waals surface area contributed by atoms with Gasteiger partial charge in [-0.05, 0) is 12.1 Å². The highest BCUT2D eigenvalue weighted by molar-refractivity contribution is 7.66. The first kappa shape index (κ1) is 30.2. The van der Waals surface area contributed by atoms with Crippen LogP contribution in [0.3, 0.4) is 0 Å². The molecule has 2 aromatic rings. The van der Waals surface area contributed by atoms with Crippen LogP contribution in [-0.4, -0.2) is 52.9 Å². The van der Waals surface area contributed by atoms with Gasteiger partial charge < -0.3 is 34.8 Å². The van der Waals surface area contributed by atoms with Crippen LogP contribution >= 0.6 is 23.5 Å². The maximum atomic E-state index is 12.2. The summed E-state index contributed by atoms with van der Waals surface area (Å²) in [6.45, 7) is -1.20. The van der Waals surface area contributed by atoms with Crippen LogP contribution in [0, 0.1) is 10.1 Å². The standard InChI is InChI=1S/C16H21N4O15P3/c17-14-5-6-19(16(21)18-14)15-7-12(31-8-10-3-1-2-4-11(10)20(22)23)13(33-15)9-32-37(27,28)35-38(29,30)34-36(24,25)26/h1-6,12-13,15H,7-9H2,(H,27,28)(H,29,30)(H2,17,18,21)(H2,24,25,26)/t12-,13+,15+/m0/s1. The van der Waals surface area contributed by atoms with Gasteiger partial charge >= 0.3 is 29.2 Å². The second-order valence-electron chi connectivity index (χ2n) is 7.53. The van der Waals surface area contributed by atoms with Crippen LogP contribution in [0.2, 0.25) is 0 Å². The average Bonchev–Trinajstić information content (AvgIpc) is 3.16. The molecule has 2 unspecified atom stereocenters. The van der Waals surface area contributed by atoms with Gasteiger partial charge in [0.1, 0.15) is 18.1 Å². The van der Waals surface area contributed by atoms with Crippen molar-refractivity contribution < 1.29 is 60.8 Å². The zero-order chi connectivity index (χ0) is 28.3. The predicted octanol–water partition coefficient (Wildman–Crippen LogP) is 0.950.